The molecule has 1 aromatic rings. The van der Waals surface area contributed by atoms with Gasteiger partial charge in [0.15, 0.2) is 5.82 Å². The van der Waals surface area contributed by atoms with Gasteiger partial charge in [-0.1, -0.05) is 0 Å². The van der Waals surface area contributed by atoms with Gasteiger partial charge in [-0.2, -0.15) is 0 Å². The Kier molecular flexibility index (Phi) is 3.49. The zero-order chi connectivity index (χ0) is 16.2. The Balaban J connectivity index is 1.69. The van der Waals surface area contributed by atoms with E-state index in [1.807, 2.05) is 20.8 Å². The molecule has 1 aliphatic heterocycles. The number of hydrogen-bond acceptors (Lipinski definition) is 5. The van der Waals surface area contributed by atoms with Crippen LogP contribution in [0.25, 0.3) is 0 Å². The summed E-state index contributed by atoms with van der Waals surface area (Å²) in [6, 6.07) is 0. The molecule has 0 atom stereocenters. The summed E-state index contributed by atoms with van der Waals surface area (Å²) < 4.78 is 6.20. The number of ether oxygens (including phenoxy) is 1. The van der Waals surface area contributed by atoms with E-state index in [4.69, 9.17) is 4.74 Å². The lowest BCUT2D eigenvalue weighted by Crippen LogP contribution is -2.72. The van der Waals surface area contributed by atoms with Gasteiger partial charge in [0.25, 0.3) is 0 Å². The average Bonchev–Trinajstić information content (AvgIpc) is 2.31. The molecule has 2 heterocycles. The van der Waals surface area contributed by atoms with Gasteiger partial charge in [-0.15, -0.1) is 0 Å². The number of carbonyl (C=O) groups is 1. The zero-order valence-electron chi connectivity index (χ0n) is 13.0. The summed E-state index contributed by atoms with van der Waals surface area (Å²) >= 11 is 3.28. The minimum Gasteiger partial charge on any atom is -0.444 e. The van der Waals surface area contributed by atoms with Crippen molar-refractivity contribution in [2.45, 2.75) is 56.8 Å². The smallest absolute Gasteiger partial charge is 0.410 e. The van der Waals surface area contributed by atoms with Crippen LogP contribution in [0.4, 0.5) is 4.79 Å². The third-order valence-corrected chi connectivity index (χ3v) is 4.68. The minimum absolute atomic E-state index is 0.298. The molecule has 0 aromatic carbocycles. The van der Waals surface area contributed by atoms with Crippen LogP contribution in [0, 0.1) is 0 Å². The molecule has 1 saturated carbocycles. The fraction of sp³-hybridized carbons (Fsp3) is 0.667. The highest BCUT2D eigenvalue weighted by Crippen LogP contribution is 2.56. The van der Waals surface area contributed by atoms with Crippen molar-refractivity contribution in [2.75, 3.05) is 6.54 Å². The number of hydrogen-bond donors (Lipinski definition) is 1. The summed E-state index contributed by atoms with van der Waals surface area (Å²) in [7, 11) is 0. The van der Waals surface area contributed by atoms with Gasteiger partial charge < -0.3 is 14.7 Å². The average molecular weight is 370 g/mol. The van der Waals surface area contributed by atoms with Crippen LogP contribution in [0.5, 0.6) is 0 Å². The molecule has 7 heteroatoms. The molecule has 1 spiro atoms. The summed E-state index contributed by atoms with van der Waals surface area (Å²) in [4.78, 5) is 22.3. The Morgan fingerprint density at radius 2 is 1.95 bits per heavy atom. The lowest BCUT2D eigenvalue weighted by molar-refractivity contribution is -0.192. The molecule has 22 heavy (non-hydrogen) atoms. The summed E-state index contributed by atoms with van der Waals surface area (Å²) in [6.07, 6.45) is 4.74. The van der Waals surface area contributed by atoms with Crippen LogP contribution in [0.15, 0.2) is 16.9 Å². The summed E-state index contributed by atoms with van der Waals surface area (Å²) in [6.45, 7) is 6.23. The molecule has 0 radical (unpaired) electrons. The Morgan fingerprint density at radius 3 is 2.41 bits per heavy atom. The van der Waals surface area contributed by atoms with Crippen molar-refractivity contribution in [1.82, 2.24) is 14.9 Å². The van der Waals surface area contributed by atoms with Crippen LogP contribution >= 0.6 is 15.9 Å². The lowest BCUT2D eigenvalue weighted by atomic mass is 9.58. The number of amides is 1. The molecular weight excluding hydrogens is 350 g/mol. The van der Waals surface area contributed by atoms with Gasteiger partial charge >= 0.3 is 6.09 Å². The molecule has 120 valence electrons. The second kappa shape index (κ2) is 4.89. The van der Waals surface area contributed by atoms with Crippen LogP contribution in [-0.2, 0) is 10.3 Å². The van der Waals surface area contributed by atoms with Gasteiger partial charge in [0.2, 0.25) is 0 Å². The highest BCUT2D eigenvalue weighted by atomic mass is 79.9. The predicted molar refractivity (Wildman–Crippen MR) is 83.2 cm³/mol. The van der Waals surface area contributed by atoms with E-state index in [-0.39, 0.29) is 11.6 Å². The Morgan fingerprint density at radius 1 is 1.36 bits per heavy atom. The second-order valence-corrected chi connectivity index (χ2v) is 8.13. The maximum Gasteiger partial charge on any atom is 0.410 e. The van der Waals surface area contributed by atoms with Crippen molar-refractivity contribution in [3.63, 3.8) is 0 Å². The molecule has 1 N–H and O–H groups in total. The van der Waals surface area contributed by atoms with Crippen molar-refractivity contribution >= 4 is 22.0 Å². The van der Waals surface area contributed by atoms with E-state index in [1.54, 1.807) is 17.3 Å². The van der Waals surface area contributed by atoms with Crippen molar-refractivity contribution in [3.8, 4) is 0 Å². The Bertz CT molecular complexity index is 591. The van der Waals surface area contributed by atoms with Crippen LogP contribution in [-0.4, -0.2) is 43.8 Å². The number of halogens is 1. The van der Waals surface area contributed by atoms with Crippen molar-refractivity contribution < 1.29 is 14.6 Å². The van der Waals surface area contributed by atoms with E-state index >= 15 is 0 Å². The van der Waals surface area contributed by atoms with Gasteiger partial charge in [0.1, 0.15) is 11.2 Å². The maximum atomic E-state index is 12.2. The molecular formula is C15H20BrN3O3. The fourth-order valence-corrected chi connectivity index (χ4v) is 3.46. The topological polar surface area (TPSA) is 75.5 Å². The second-order valence-electron chi connectivity index (χ2n) is 7.22. The molecule has 0 unspecified atom stereocenters. The van der Waals surface area contributed by atoms with E-state index < -0.39 is 11.2 Å². The molecule has 1 aromatic heterocycles. The molecule has 2 fully saturated rings. The van der Waals surface area contributed by atoms with Gasteiger partial charge in [-0.25, -0.2) is 14.8 Å². The van der Waals surface area contributed by atoms with Crippen molar-refractivity contribution in [1.29, 1.82) is 0 Å². The van der Waals surface area contributed by atoms with Crippen molar-refractivity contribution in [2.24, 2.45) is 0 Å². The molecule has 0 bridgehead atoms. The first-order valence-electron chi connectivity index (χ1n) is 7.35. The molecule has 2 aliphatic rings. The highest BCUT2D eigenvalue weighted by molar-refractivity contribution is 9.10. The number of aliphatic hydroxyl groups is 1. The van der Waals surface area contributed by atoms with Crippen molar-refractivity contribution in [3.05, 3.63) is 22.7 Å². The lowest BCUT2D eigenvalue weighted by Gasteiger charge is -2.63. The summed E-state index contributed by atoms with van der Waals surface area (Å²) in [5.41, 5.74) is -1.86. The minimum atomic E-state index is -1.05. The number of rotatable bonds is 1. The van der Waals surface area contributed by atoms with Gasteiger partial charge in [0.05, 0.1) is 10.0 Å². The molecule has 1 saturated heterocycles. The largest absolute Gasteiger partial charge is 0.444 e. The molecule has 1 aliphatic carbocycles. The Hall–Kier alpha value is -1.21. The zero-order valence-corrected chi connectivity index (χ0v) is 14.6. The maximum absolute atomic E-state index is 12.2. The van der Waals surface area contributed by atoms with E-state index in [1.165, 1.54) is 0 Å². The fourth-order valence-electron chi connectivity index (χ4n) is 3.26. The van der Waals surface area contributed by atoms with E-state index in [2.05, 4.69) is 25.9 Å². The van der Waals surface area contributed by atoms with Crippen LogP contribution in [0.2, 0.25) is 0 Å². The third-order valence-electron chi connectivity index (χ3n) is 4.27. The number of aromatic nitrogens is 2. The van der Waals surface area contributed by atoms with Gasteiger partial charge in [-0.3, -0.25) is 0 Å². The molecule has 6 nitrogen and oxygen atoms in total. The number of likely N-dealkylation sites (tertiary alicyclic amines) is 1. The number of carbonyl (C=O) groups excluding carboxylic acids is 1. The van der Waals surface area contributed by atoms with E-state index in [9.17, 15) is 9.90 Å². The first kappa shape index (κ1) is 15.7. The van der Waals surface area contributed by atoms with Crippen LogP contribution in [0.1, 0.15) is 45.9 Å². The van der Waals surface area contributed by atoms with Crippen LogP contribution in [0.3, 0.4) is 0 Å². The Labute approximate surface area is 138 Å². The summed E-state index contributed by atoms with van der Waals surface area (Å²) in [5, 5.41) is 10.7. The summed E-state index contributed by atoms with van der Waals surface area (Å²) in [5.74, 6) is 0.414. The predicted octanol–water partition coefficient (Wildman–Crippen LogP) is 2.60. The van der Waals surface area contributed by atoms with Crippen LogP contribution < -0.4 is 0 Å². The van der Waals surface area contributed by atoms with E-state index in [0.717, 1.165) is 10.9 Å². The first-order valence-corrected chi connectivity index (χ1v) is 8.14. The number of nitrogens with zero attached hydrogens (tertiary/aromatic N) is 3. The standard InChI is InChI=1S/C15H20BrN3O3/c1-13(2,3)22-12(20)19-5-4-14(19)8-15(21,9-14)11-17-6-10(16)7-18-11/h6-7,21H,4-5,8-9H2,1-3H3. The van der Waals surface area contributed by atoms with Gasteiger partial charge in [-0.05, 0) is 43.1 Å². The molecule has 1 amide bonds. The monoisotopic (exact) mass is 369 g/mol. The SMILES string of the molecule is CC(C)(C)OC(=O)N1CCC12CC(O)(c1ncc(Br)cn1)C2. The quantitative estimate of drug-likeness (QED) is 0.823. The molecule has 3 rings (SSSR count). The highest BCUT2D eigenvalue weighted by Gasteiger charge is 2.64. The normalized spacial score (nSPS) is 30.7. The van der Waals surface area contributed by atoms with Gasteiger partial charge in [0, 0.05) is 31.8 Å². The first-order chi connectivity index (χ1) is 10.1. The van der Waals surface area contributed by atoms with E-state index in [0.29, 0.717) is 25.2 Å². The third kappa shape index (κ3) is 2.60.